The van der Waals surface area contributed by atoms with Gasteiger partial charge in [0.15, 0.2) is 75.0 Å². The van der Waals surface area contributed by atoms with Gasteiger partial charge in [-0.15, -0.1) is 0 Å². The summed E-state index contributed by atoms with van der Waals surface area (Å²) in [6, 6.07) is 46.6. The van der Waals surface area contributed by atoms with E-state index < -0.39 is 29.2 Å². The highest BCUT2D eigenvalue weighted by Crippen LogP contribution is 2.36. The van der Waals surface area contributed by atoms with E-state index in [0.29, 0.717) is 119 Å². The van der Waals surface area contributed by atoms with E-state index in [1.807, 2.05) is 56.3 Å². The van der Waals surface area contributed by atoms with Gasteiger partial charge in [-0.2, -0.15) is 4.39 Å². The van der Waals surface area contributed by atoms with Gasteiger partial charge in [-0.3, -0.25) is 29.9 Å². The number of hydrogen-bond donors (Lipinski definition) is 5. The molecule has 0 aliphatic rings. The standard InChI is InChI=1S/C16H14FN3O2.C15H11F2N3O.C15H12FN3O.C15H13N3O2.C14H10FN3O/c1-9-7-12-15(20-16(9)21-2)14(5-6-19-12)22-13-4-3-10(18)8-11(13)17;1-8-6-11-14(20-15(8)17)13(4-5-19-11)21-12-3-2-9(18)7-10(12)16;1-9-2-4-12-15(19-9)14(6-7-18-12)20-13-5-3-10(17)8-11(13)16;1-19-14-7-6-12-15(18-14)13(8-9-17-12)20-11-4-2-10(16)3-5-11;15-10-8-9(16)3-4-12(10)19-13-5-7-17-11-2-1-6-18-14(11)13/h3-8H,18H2,1-2H3;2-7H,18H2,1H3;2-8H,17H2,1H3;2-9H,16H2,1H3;1-8H,16H2. The highest BCUT2D eigenvalue weighted by atomic mass is 19.1. The first-order valence-electron chi connectivity index (χ1n) is 30.6. The van der Waals surface area contributed by atoms with E-state index in [-0.39, 0.29) is 34.3 Å². The predicted octanol–water partition coefficient (Wildman–Crippen LogP) is 16.7. The van der Waals surface area contributed by atoms with Gasteiger partial charge in [-0.1, -0.05) is 0 Å². The molecule has 0 unspecified atom stereocenters. The summed E-state index contributed by atoms with van der Waals surface area (Å²) in [7, 11) is 3.11. The molecule has 102 heavy (non-hydrogen) atoms. The lowest BCUT2D eigenvalue weighted by Crippen LogP contribution is -1.96. The highest BCUT2D eigenvalue weighted by molar-refractivity contribution is 5.85. The third-order valence-electron chi connectivity index (χ3n) is 14.5. The van der Waals surface area contributed by atoms with E-state index >= 15 is 0 Å². The van der Waals surface area contributed by atoms with E-state index in [1.54, 1.807) is 118 Å². The van der Waals surface area contributed by atoms with Crippen LogP contribution in [0.3, 0.4) is 0 Å². The molecule has 0 spiro atoms. The molecule has 0 aliphatic carbocycles. The molecule has 512 valence electrons. The number of nitrogens with zero attached hydrogens (tertiary/aromatic N) is 10. The van der Waals surface area contributed by atoms with Crippen molar-refractivity contribution in [3.8, 4) is 69.3 Å². The van der Waals surface area contributed by atoms with Gasteiger partial charge in [0.25, 0.3) is 0 Å². The van der Waals surface area contributed by atoms with Crippen LogP contribution < -0.4 is 61.8 Å². The molecule has 22 nitrogen and oxygen atoms in total. The molecule has 0 saturated carbocycles. The van der Waals surface area contributed by atoms with Crippen LogP contribution in [0.5, 0.6) is 69.3 Å². The maximum Gasteiger partial charge on any atom is 0.216 e. The van der Waals surface area contributed by atoms with Gasteiger partial charge in [0, 0.05) is 143 Å². The van der Waals surface area contributed by atoms with Crippen molar-refractivity contribution in [3.05, 3.63) is 259 Å². The van der Waals surface area contributed by atoms with Crippen molar-refractivity contribution < 1.29 is 55.1 Å². The van der Waals surface area contributed by atoms with Crippen molar-refractivity contribution in [1.82, 2.24) is 49.8 Å². The summed E-state index contributed by atoms with van der Waals surface area (Å²) >= 11 is 0. The third kappa shape index (κ3) is 17.1. The average Bonchev–Trinajstić information content (AvgIpc) is 0.817. The van der Waals surface area contributed by atoms with Crippen molar-refractivity contribution >= 4 is 83.6 Å². The number of aryl methyl sites for hydroxylation is 3. The van der Waals surface area contributed by atoms with Gasteiger partial charge >= 0.3 is 0 Å². The van der Waals surface area contributed by atoms with Crippen LogP contribution >= 0.6 is 0 Å². The van der Waals surface area contributed by atoms with E-state index in [1.165, 1.54) is 67.9 Å². The molecule has 10 N–H and O–H groups in total. The van der Waals surface area contributed by atoms with Crippen LogP contribution in [0.25, 0.3) is 55.2 Å². The minimum Gasteiger partial charge on any atom is -0.481 e. The molecule has 0 radical (unpaired) electrons. The predicted molar refractivity (Wildman–Crippen MR) is 379 cm³/mol. The fourth-order valence-corrected chi connectivity index (χ4v) is 9.55. The first-order chi connectivity index (χ1) is 49.2. The number of fused-ring (bicyclic) bond motifs is 5. The molecule has 15 rings (SSSR count). The maximum atomic E-state index is 13.9. The SMILES string of the molecule is COc1ccc2nccc(Oc3ccc(N)cc3)c2n1.COc1nc2c(Oc3ccc(N)cc3F)ccnc2cc1C.Cc1cc2nccc(Oc3ccc(N)cc3F)c2nc1F.Cc1ccc2nccc(Oc3ccc(N)cc3F)c2n1.Nc1ccc(Oc2ccnc3cccnc23)c(F)c1. The van der Waals surface area contributed by atoms with Gasteiger partial charge in [0.05, 0.1) is 41.8 Å². The number of rotatable bonds is 12. The van der Waals surface area contributed by atoms with E-state index in [9.17, 15) is 22.0 Å². The summed E-state index contributed by atoms with van der Waals surface area (Å²) < 4.78 is 107. The van der Waals surface area contributed by atoms with Crippen LogP contribution in [0.1, 0.15) is 16.8 Å². The van der Waals surface area contributed by atoms with Crippen LogP contribution in [0.15, 0.2) is 213 Å². The lowest BCUT2D eigenvalue weighted by Gasteiger charge is -2.11. The minimum atomic E-state index is -0.613. The molecule has 15 aromatic rings. The summed E-state index contributed by atoms with van der Waals surface area (Å²) in [4.78, 5) is 42.1. The van der Waals surface area contributed by atoms with E-state index in [2.05, 4.69) is 49.8 Å². The van der Waals surface area contributed by atoms with E-state index in [4.69, 9.17) is 61.8 Å². The van der Waals surface area contributed by atoms with Gasteiger partial charge in [0.1, 0.15) is 33.3 Å². The Morgan fingerprint density at radius 2 is 0.676 bits per heavy atom. The number of nitrogens with two attached hydrogens (primary N) is 5. The van der Waals surface area contributed by atoms with Gasteiger partial charge in [-0.05, 0) is 136 Å². The normalized spacial score (nSPS) is 10.6. The molecule has 0 saturated heterocycles. The molecule has 0 fully saturated rings. The molecular weight excluding hydrogens is 1320 g/mol. The molecule has 0 atom stereocenters. The number of ether oxygens (including phenoxy) is 7. The summed E-state index contributed by atoms with van der Waals surface area (Å²) in [6.45, 7) is 5.34. The first-order valence-corrected chi connectivity index (χ1v) is 30.6. The quantitative estimate of drug-likeness (QED) is 0.0431. The number of halogens is 5. The second-order valence-corrected chi connectivity index (χ2v) is 21.9. The van der Waals surface area contributed by atoms with Gasteiger partial charge < -0.3 is 61.8 Å². The number of aromatic nitrogens is 10. The number of pyridine rings is 10. The first kappa shape index (κ1) is 69.5. The van der Waals surface area contributed by atoms with Crippen LogP contribution in [0.4, 0.5) is 50.4 Å². The molecule has 5 aromatic carbocycles. The van der Waals surface area contributed by atoms with Crippen LogP contribution in [-0.2, 0) is 0 Å². The van der Waals surface area contributed by atoms with Crippen molar-refractivity contribution in [2.75, 3.05) is 42.9 Å². The second-order valence-electron chi connectivity index (χ2n) is 21.9. The Morgan fingerprint density at radius 1 is 0.294 bits per heavy atom. The Balaban J connectivity index is 0.000000128. The van der Waals surface area contributed by atoms with Crippen molar-refractivity contribution in [2.24, 2.45) is 0 Å². The Morgan fingerprint density at radius 3 is 1.13 bits per heavy atom. The number of hydrogen-bond acceptors (Lipinski definition) is 22. The Bertz CT molecular complexity index is 5540. The lowest BCUT2D eigenvalue weighted by atomic mass is 10.2. The van der Waals surface area contributed by atoms with Gasteiger partial charge in [-0.25, -0.2) is 37.5 Å². The third-order valence-corrected chi connectivity index (χ3v) is 14.5. The van der Waals surface area contributed by atoms with Crippen LogP contribution in [0.2, 0.25) is 0 Å². The van der Waals surface area contributed by atoms with Crippen LogP contribution in [-0.4, -0.2) is 64.1 Å². The topological polar surface area (TPSA) is 324 Å². The molecular formula is C75H60F5N15O7. The fraction of sp³-hybridized carbons (Fsp3) is 0.0667. The maximum absolute atomic E-state index is 13.9. The zero-order valence-electron chi connectivity index (χ0n) is 54.8. The molecule has 0 aliphatic heterocycles. The average molecular weight is 1380 g/mol. The monoisotopic (exact) mass is 1380 g/mol. The van der Waals surface area contributed by atoms with Gasteiger partial charge in [0.2, 0.25) is 17.7 Å². The number of benzene rings is 5. The molecule has 0 bridgehead atoms. The summed E-state index contributed by atoms with van der Waals surface area (Å²) in [5.41, 5.74) is 37.6. The largest absolute Gasteiger partial charge is 0.481 e. The number of nitrogen functional groups attached to an aromatic ring is 5. The highest BCUT2D eigenvalue weighted by Gasteiger charge is 2.17. The Labute approximate surface area is 578 Å². The Hall–Kier alpha value is -13.9. The minimum absolute atomic E-state index is 0.0144. The number of anilines is 5. The Kier molecular flexibility index (Phi) is 21.5. The van der Waals surface area contributed by atoms with E-state index in [0.717, 1.165) is 22.8 Å². The zero-order chi connectivity index (χ0) is 72.0. The molecule has 10 aromatic heterocycles. The van der Waals surface area contributed by atoms with Crippen molar-refractivity contribution in [1.29, 1.82) is 0 Å². The van der Waals surface area contributed by atoms with Crippen molar-refractivity contribution in [3.63, 3.8) is 0 Å². The lowest BCUT2D eigenvalue weighted by molar-refractivity contribution is 0.395. The summed E-state index contributed by atoms with van der Waals surface area (Å²) in [5.74, 6) is 1.33. The van der Waals surface area contributed by atoms with Crippen molar-refractivity contribution in [2.45, 2.75) is 20.8 Å². The second kappa shape index (κ2) is 31.6. The smallest absolute Gasteiger partial charge is 0.216 e. The zero-order valence-corrected chi connectivity index (χ0v) is 54.8. The summed E-state index contributed by atoms with van der Waals surface area (Å²) in [5, 5.41) is 0. The fourth-order valence-electron chi connectivity index (χ4n) is 9.55. The molecule has 10 heterocycles. The molecule has 0 amide bonds. The van der Waals surface area contributed by atoms with Crippen LogP contribution in [0, 0.1) is 50.0 Å². The molecule has 27 heteroatoms. The summed E-state index contributed by atoms with van der Waals surface area (Å²) in [6.07, 6.45) is 9.59. The number of methoxy groups -OCH3 is 2.